The Morgan fingerprint density at radius 1 is 1.11 bits per heavy atom. The van der Waals surface area contributed by atoms with Crippen LogP contribution in [0.3, 0.4) is 0 Å². The van der Waals surface area contributed by atoms with Crippen LogP contribution in [0.4, 0.5) is 13.2 Å². The van der Waals surface area contributed by atoms with Crippen molar-refractivity contribution in [2.75, 3.05) is 25.4 Å². The fourth-order valence-corrected chi connectivity index (χ4v) is 7.52. The normalized spacial score (nSPS) is 32.6. The molecule has 0 N–H and O–H groups in total. The number of thioether (sulfide) groups is 1. The number of aromatic nitrogens is 3. The topological polar surface area (TPSA) is 43.2 Å². The van der Waals surface area contributed by atoms with Gasteiger partial charge in [-0.3, -0.25) is 0 Å². The van der Waals surface area contributed by atoms with Crippen molar-refractivity contribution in [1.82, 2.24) is 19.7 Å². The average Bonchev–Trinajstić information content (AvgIpc) is 3.06. The van der Waals surface area contributed by atoms with Crippen molar-refractivity contribution in [2.45, 2.75) is 80.3 Å². The molecule has 6 rings (SSSR count). The average molecular weight is 507 g/mol. The summed E-state index contributed by atoms with van der Waals surface area (Å²) in [6.07, 6.45) is 4.38. The molecule has 1 aliphatic carbocycles. The Labute approximate surface area is 208 Å². The summed E-state index contributed by atoms with van der Waals surface area (Å²) < 4.78 is 46.7. The molecule has 1 saturated carbocycles. The zero-order valence-electron chi connectivity index (χ0n) is 20.1. The van der Waals surface area contributed by atoms with Crippen LogP contribution in [-0.4, -0.2) is 57.3 Å². The first-order valence-corrected chi connectivity index (χ1v) is 13.9. The molecule has 1 aromatic carbocycles. The molecule has 2 bridgehead atoms. The SMILES string of the molecule is Cn1c(SCCCN2CC[C@]3(C[C@H]3c3ccc(C(F)(F)F)cc3)C2)nnc1C1C[C@@H]2CC[C@@H](C1)O2. The van der Waals surface area contributed by atoms with Crippen LogP contribution in [0, 0.1) is 5.41 Å². The van der Waals surface area contributed by atoms with Gasteiger partial charge in [0, 0.05) is 25.3 Å². The summed E-state index contributed by atoms with van der Waals surface area (Å²) in [5.41, 5.74) is 0.775. The van der Waals surface area contributed by atoms with E-state index in [1.165, 1.54) is 25.0 Å². The molecule has 3 saturated heterocycles. The molecule has 2 aromatic rings. The highest BCUT2D eigenvalue weighted by atomic mass is 32.2. The largest absolute Gasteiger partial charge is 0.416 e. The second-order valence-corrected chi connectivity index (χ2v) is 12.1. The van der Waals surface area contributed by atoms with Gasteiger partial charge in [-0.25, -0.2) is 0 Å². The molecule has 3 aliphatic heterocycles. The molecular formula is C26H33F3N4OS. The maximum Gasteiger partial charge on any atom is 0.416 e. The van der Waals surface area contributed by atoms with E-state index in [2.05, 4.69) is 26.7 Å². The van der Waals surface area contributed by atoms with Gasteiger partial charge >= 0.3 is 6.18 Å². The van der Waals surface area contributed by atoms with Crippen LogP contribution in [0.5, 0.6) is 0 Å². The van der Waals surface area contributed by atoms with E-state index in [1.807, 2.05) is 0 Å². The lowest BCUT2D eigenvalue weighted by atomic mass is 9.95. The molecule has 35 heavy (non-hydrogen) atoms. The minimum atomic E-state index is -4.26. The number of benzene rings is 1. The maximum atomic E-state index is 12.9. The number of halogens is 3. The highest BCUT2D eigenvalue weighted by Crippen LogP contribution is 2.64. The van der Waals surface area contributed by atoms with E-state index in [0.29, 0.717) is 24.0 Å². The van der Waals surface area contributed by atoms with Crippen LogP contribution in [0.1, 0.15) is 73.7 Å². The summed E-state index contributed by atoms with van der Waals surface area (Å²) in [4.78, 5) is 2.53. The van der Waals surface area contributed by atoms with Crippen molar-refractivity contribution < 1.29 is 17.9 Å². The van der Waals surface area contributed by atoms with Crippen molar-refractivity contribution in [3.8, 4) is 0 Å². The van der Waals surface area contributed by atoms with E-state index in [1.54, 1.807) is 23.9 Å². The summed E-state index contributed by atoms with van der Waals surface area (Å²) in [6.45, 7) is 3.20. The second kappa shape index (κ2) is 9.06. The Kier molecular flexibility index (Phi) is 6.16. The van der Waals surface area contributed by atoms with Gasteiger partial charge in [-0.2, -0.15) is 13.2 Å². The molecule has 4 atom stereocenters. The Morgan fingerprint density at radius 3 is 2.57 bits per heavy atom. The molecule has 0 amide bonds. The zero-order chi connectivity index (χ0) is 24.2. The van der Waals surface area contributed by atoms with Gasteiger partial charge in [0.05, 0.1) is 17.8 Å². The van der Waals surface area contributed by atoms with E-state index in [4.69, 9.17) is 4.74 Å². The number of fused-ring (bicyclic) bond motifs is 2. The van der Waals surface area contributed by atoms with Crippen molar-refractivity contribution in [3.05, 3.63) is 41.2 Å². The van der Waals surface area contributed by atoms with Crippen LogP contribution >= 0.6 is 11.8 Å². The monoisotopic (exact) mass is 506 g/mol. The van der Waals surface area contributed by atoms with Gasteiger partial charge in [-0.15, -0.1) is 10.2 Å². The summed E-state index contributed by atoms with van der Waals surface area (Å²) >= 11 is 1.79. The number of likely N-dealkylation sites (tertiary alicyclic amines) is 1. The van der Waals surface area contributed by atoms with E-state index in [0.717, 1.165) is 74.0 Å². The number of hydrogen-bond donors (Lipinski definition) is 0. The Balaban J connectivity index is 0.957. The maximum absolute atomic E-state index is 12.9. The summed E-state index contributed by atoms with van der Waals surface area (Å²) in [5, 5.41) is 10.0. The molecule has 4 heterocycles. The smallest absolute Gasteiger partial charge is 0.375 e. The number of ether oxygens (including phenoxy) is 1. The lowest BCUT2D eigenvalue weighted by Gasteiger charge is -2.27. The van der Waals surface area contributed by atoms with Crippen LogP contribution < -0.4 is 0 Å². The summed E-state index contributed by atoms with van der Waals surface area (Å²) in [6, 6.07) is 5.83. The Hall–Kier alpha value is -1.58. The first-order chi connectivity index (χ1) is 16.8. The van der Waals surface area contributed by atoms with Crippen LogP contribution in [-0.2, 0) is 18.0 Å². The van der Waals surface area contributed by atoms with Crippen LogP contribution in [0.25, 0.3) is 0 Å². The van der Waals surface area contributed by atoms with Gasteiger partial charge in [-0.1, -0.05) is 23.9 Å². The fraction of sp³-hybridized carbons (Fsp3) is 0.692. The van der Waals surface area contributed by atoms with E-state index in [-0.39, 0.29) is 5.41 Å². The van der Waals surface area contributed by atoms with Crippen LogP contribution in [0.2, 0.25) is 0 Å². The van der Waals surface area contributed by atoms with Gasteiger partial charge in [-0.05, 0) is 87.1 Å². The Morgan fingerprint density at radius 2 is 1.86 bits per heavy atom. The third-order valence-electron chi connectivity index (χ3n) is 8.67. The molecule has 0 radical (unpaired) electrons. The molecule has 9 heteroatoms. The summed E-state index contributed by atoms with van der Waals surface area (Å²) in [5.74, 6) is 2.99. The van der Waals surface area contributed by atoms with Gasteiger partial charge in [0.25, 0.3) is 0 Å². The molecule has 5 nitrogen and oxygen atoms in total. The van der Waals surface area contributed by atoms with Crippen molar-refractivity contribution in [3.63, 3.8) is 0 Å². The first-order valence-electron chi connectivity index (χ1n) is 12.9. The highest BCUT2D eigenvalue weighted by molar-refractivity contribution is 7.99. The zero-order valence-corrected chi connectivity index (χ0v) is 21.0. The van der Waals surface area contributed by atoms with Crippen molar-refractivity contribution in [2.24, 2.45) is 12.5 Å². The van der Waals surface area contributed by atoms with Gasteiger partial charge in [0.1, 0.15) is 5.82 Å². The predicted octanol–water partition coefficient (Wildman–Crippen LogP) is 5.62. The fourth-order valence-electron chi connectivity index (χ4n) is 6.68. The van der Waals surface area contributed by atoms with Crippen molar-refractivity contribution >= 4 is 11.8 Å². The Bertz CT molecular complexity index is 1050. The highest BCUT2D eigenvalue weighted by Gasteiger charge is 2.57. The number of nitrogens with zero attached hydrogens (tertiary/aromatic N) is 4. The molecule has 0 unspecified atom stereocenters. The van der Waals surface area contributed by atoms with Crippen molar-refractivity contribution in [1.29, 1.82) is 0 Å². The lowest BCUT2D eigenvalue weighted by molar-refractivity contribution is -0.137. The quantitative estimate of drug-likeness (QED) is 0.360. The number of hydrogen-bond acceptors (Lipinski definition) is 5. The van der Waals surface area contributed by atoms with Gasteiger partial charge < -0.3 is 14.2 Å². The number of alkyl halides is 3. The first kappa shape index (κ1) is 23.8. The minimum Gasteiger partial charge on any atom is -0.375 e. The van der Waals surface area contributed by atoms with Crippen LogP contribution in [0.15, 0.2) is 29.4 Å². The third-order valence-corrected chi connectivity index (χ3v) is 9.77. The third kappa shape index (κ3) is 4.76. The molecular weight excluding hydrogens is 473 g/mol. The summed E-state index contributed by atoms with van der Waals surface area (Å²) in [7, 11) is 2.09. The van der Waals surface area contributed by atoms with Gasteiger partial charge in [0.15, 0.2) is 5.16 Å². The van der Waals surface area contributed by atoms with Gasteiger partial charge in [0.2, 0.25) is 0 Å². The predicted molar refractivity (Wildman–Crippen MR) is 129 cm³/mol. The molecule has 1 aromatic heterocycles. The van der Waals surface area contributed by atoms with E-state index < -0.39 is 11.7 Å². The molecule has 4 fully saturated rings. The molecule has 4 aliphatic rings. The number of rotatable bonds is 7. The van der Waals surface area contributed by atoms with E-state index in [9.17, 15) is 13.2 Å². The molecule has 190 valence electrons. The standard InChI is InChI=1S/C26H33F3N4OS/c1-32-23(18-13-20-7-8-21(14-18)34-20)30-31-24(32)35-12-2-10-33-11-9-25(16-33)15-22(25)17-3-5-19(6-4-17)26(27,28)29/h3-6,18,20-22H,2,7-16H2,1H3/t20-,21-,22-,25-/m0/s1. The lowest BCUT2D eigenvalue weighted by Crippen LogP contribution is -2.25. The minimum absolute atomic E-state index is 0.272. The van der Waals surface area contributed by atoms with E-state index >= 15 is 0 Å². The second-order valence-electron chi connectivity index (χ2n) is 11.0. The molecule has 1 spiro atoms.